The van der Waals surface area contributed by atoms with E-state index in [0.29, 0.717) is 17.4 Å². The number of nitrogen functional groups attached to an aromatic ring is 1. The maximum Gasteiger partial charge on any atom is 0.355 e. The molecular formula is C13H20N2O2. The van der Waals surface area contributed by atoms with Crippen LogP contribution in [-0.4, -0.2) is 16.6 Å². The number of nitrogens with zero attached hydrogens (tertiary/aromatic N) is 1. The van der Waals surface area contributed by atoms with E-state index in [9.17, 15) is 4.79 Å². The van der Waals surface area contributed by atoms with E-state index in [-0.39, 0.29) is 12.1 Å². The first-order valence-corrected chi connectivity index (χ1v) is 6.34. The Morgan fingerprint density at radius 3 is 2.71 bits per heavy atom. The molecule has 0 saturated heterocycles. The molecule has 94 valence electrons. The first-order valence-electron chi connectivity index (χ1n) is 6.34. The molecule has 4 heteroatoms. The van der Waals surface area contributed by atoms with E-state index < -0.39 is 0 Å². The maximum atomic E-state index is 12.0. The summed E-state index contributed by atoms with van der Waals surface area (Å²) in [6, 6.07) is 2.15. The van der Waals surface area contributed by atoms with Gasteiger partial charge in [0, 0.05) is 12.2 Å². The van der Waals surface area contributed by atoms with E-state index in [1.165, 1.54) is 0 Å². The highest BCUT2D eigenvalue weighted by Crippen LogP contribution is 2.37. The number of carbonyl (C=O) groups is 1. The van der Waals surface area contributed by atoms with Gasteiger partial charge in [-0.2, -0.15) is 0 Å². The van der Waals surface area contributed by atoms with Crippen LogP contribution < -0.4 is 5.73 Å². The highest BCUT2D eigenvalue weighted by atomic mass is 16.5. The lowest BCUT2D eigenvalue weighted by Crippen LogP contribution is -2.19. The quantitative estimate of drug-likeness (QED) is 0.800. The molecule has 0 aromatic carbocycles. The van der Waals surface area contributed by atoms with Crippen LogP contribution >= 0.6 is 0 Å². The van der Waals surface area contributed by atoms with Gasteiger partial charge in [0.15, 0.2) is 0 Å². The molecule has 0 radical (unpaired) electrons. The fourth-order valence-electron chi connectivity index (χ4n) is 1.99. The van der Waals surface area contributed by atoms with Crippen molar-refractivity contribution in [2.45, 2.75) is 51.7 Å². The van der Waals surface area contributed by atoms with Crippen LogP contribution in [0.5, 0.6) is 0 Å². The Hall–Kier alpha value is -1.45. The predicted octanol–water partition coefficient (Wildman–Crippen LogP) is 2.75. The van der Waals surface area contributed by atoms with E-state index in [0.717, 1.165) is 25.7 Å². The molecule has 1 saturated carbocycles. The van der Waals surface area contributed by atoms with Gasteiger partial charge in [-0.25, -0.2) is 4.79 Å². The minimum Gasteiger partial charge on any atom is -0.458 e. The van der Waals surface area contributed by atoms with Crippen molar-refractivity contribution in [1.82, 2.24) is 4.57 Å². The number of hydrogen-bond acceptors (Lipinski definition) is 3. The molecule has 1 aliphatic rings. The highest BCUT2D eigenvalue weighted by molar-refractivity contribution is 5.89. The number of aromatic nitrogens is 1. The Balaban J connectivity index is 2.12. The standard InChI is InChI=1S/C13H20N2O2/c1-3-11(4-2)17-13(16)12-7-9(14)8-15(12)10-5-6-10/h7-8,10-11H,3-6,14H2,1-2H3. The Bertz CT molecular complexity index is 404. The van der Waals surface area contributed by atoms with Crippen molar-refractivity contribution in [3.8, 4) is 0 Å². The Kier molecular flexibility index (Phi) is 3.41. The predicted molar refractivity (Wildman–Crippen MR) is 66.9 cm³/mol. The van der Waals surface area contributed by atoms with Crippen molar-refractivity contribution in [2.24, 2.45) is 0 Å². The third kappa shape index (κ3) is 2.62. The summed E-state index contributed by atoms with van der Waals surface area (Å²) in [6.45, 7) is 4.05. The molecule has 1 aliphatic carbocycles. The van der Waals surface area contributed by atoms with Gasteiger partial charge in [-0.05, 0) is 31.7 Å². The fraction of sp³-hybridized carbons (Fsp3) is 0.615. The molecule has 0 spiro atoms. The number of ether oxygens (including phenoxy) is 1. The van der Waals surface area contributed by atoms with Crippen molar-refractivity contribution in [3.63, 3.8) is 0 Å². The fourth-order valence-corrected chi connectivity index (χ4v) is 1.99. The molecule has 1 heterocycles. The van der Waals surface area contributed by atoms with Gasteiger partial charge in [0.25, 0.3) is 0 Å². The average molecular weight is 236 g/mol. The summed E-state index contributed by atoms with van der Waals surface area (Å²) in [7, 11) is 0. The third-order valence-corrected chi connectivity index (χ3v) is 3.20. The van der Waals surface area contributed by atoms with E-state index in [2.05, 4.69) is 0 Å². The summed E-state index contributed by atoms with van der Waals surface area (Å²) in [4.78, 5) is 12.0. The van der Waals surface area contributed by atoms with Crippen molar-refractivity contribution < 1.29 is 9.53 Å². The van der Waals surface area contributed by atoms with E-state index in [4.69, 9.17) is 10.5 Å². The second-order valence-corrected chi connectivity index (χ2v) is 4.64. The van der Waals surface area contributed by atoms with E-state index in [1.54, 1.807) is 6.07 Å². The summed E-state index contributed by atoms with van der Waals surface area (Å²) in [6.07, 6.45) is 5.79. The summed E-state index contributed by atoms with van der Waals surface area (Å²) in [5, 5.41) is 0. The van der Waals surface area contributed by atoms with Crippen LogP contribution in [0, 0.1) is 0 Å². The molecule has 0 aliphatic heterocycles. The minimum absolute atomic E-state index is 0.00581. The molecule has 0 bridgehead atoms. The zero-order valence-corrected chi connectivity index (χ0v) is 10.5. The first kappa shape index (κ1) is 12.0. The van der Waals surface area contributed by atoms with Gasteiger partial charge in [-0.15, -0.1) is 0 Å². The number of carbonyl (C=O) groups excluding carboxylic acids is 1. The molecule has 2 N–H and O–H groups in total. The number of hydrogen-bond donors (Lipinski definition) is 1. The van der Waals surface area contributed by atoms with Crippen molar-refractivity contribution in [2.75, 3.05) is 5.73 Å². The smallest absolute Gasteiger partial charge is 0.355 e. The second-order valence-electron chi connectivity index (χ2n) is 4.64. The molecule has 17 heavy (non-hydrogen) atoms. The molecule has 1 aromatic heterocycles. The number of anilines is 1. The number of esters is 1. The Labute approximate surface area is 102 Å². The largest absolute Gasteiger partial charge is 0.458 e. The Morgan fingerprint density at radius 2 is 2.18 bits per heavy atom. The lowest BCUT2D eigenvalue weighted by atomic mass is 10.2. The highest BCUT2D eigenvalue weighted by Gasteiger charge is 2.28. The summed E-state index contributed by atoms with van der Waals surface area (Å²) in [5.74, 6) is -0.248. The van der Waals surface area contributed by atoms with Crippen molar-refractivity contribution >= 4 is 11.7 Å². The van der Waals surface area contributed by atoms with Gasteiger partial charge in [0.1, 0.15) is 11.8 Å². The van der Waals surface area contributed by atoms with E-state index >= 15 is 0 Å². The molecule has 0 amide bonds. The molecular weight excluding hydrogens is 216 g/mol. The monoisotopic (exact) mass is 236 g/mol. The number of nitrogens with two attached hydrogens (primary N) is 1. The van der Waals surface area contributed by atoms with Crippen LogP contribution in [-0.2, 0) is 4.74 Å². The average Bonchev–Trinajstić information content (AvgIpc) is 3.09. The minimum atomic E-state index is -0.248. The maximum absolute atomic E-state index is 12.0. The third-order valence-electron chi connectivity index (χ3n) is 3.20. The first-order chi connectivity index (χ1) is 8.15. The van der Waals surface area contributed by atoms with E-state index in [1.807, 2.05) is 24.6 Å². The lowest BCUT2D eigenvalue weighted by Gasteiger charge is -2.14. The summed E-state index contributed by atoms with van der Waals surface area (Å²) < 4.78 is 7.41. The SMILES string of the molecule is CCC(CC)OC(=O)c1cc(N)cn1C1CC1. The zero-order valence-electron chi connectivity index (χ0n) is 10.5. The normalized spacial score (nSPS) is 15.2. The molecule has 0 atom stereocenters. The van der Waals surface area contributed by atoms with Gasteiger partial charge in [-0.1, -0.05) is 13.8 Å². The van der Waals surface area contributed by atoms with Crippen LogP contribution in [0.15, 0.2) is 12.3 Å². The molecule has 1 aromatic rings. The second kappa shape index (κ2) is 4.82. The molecule has 2 rings (SSSR count). The van der Waals surface area contributed by atoms with Crippen LogP contribution in [0.25, 0.3) is 0 Å². The van der Waals surface area contributed by atoms with Crippen LogP contribution in [0.3, 0.4) is 0 Å². The van der Waals surface area contributed by atoms with Gasteiger partial charge < -0.3 is 15.0 Å². The van der Waals surface area contributed by atoms with Crippen LogP contribution in [0.1, 0.15) is 56.1 Å². The summed E-state index contributed by atoms with van der Waals surface area (Å²) in [5.41, 5.74) is 6.98. The van der Waals surface area contributed by atoms with Gasteiger partial charge in [0.05, 0.1) is 5.69 Å². The van der Waals surface area contributed by atoms with Crippen LogP contribution in [0.4, 0.5) is 5.69 Å². The van der Waals surface area contributed by atoms with Gasteiger partial charge in [0.2, 0.25) is 0 Å². The van der Waals surface area contributed by atoms with Gasteiger partial charge in [-0.3, -0.25) is 0 Å². The van der Waals surface area contributed by atoms with Crippen molar-refractivity contribution in [1.29, 1.82) is 0 Å². The summed E-state index contributed by atoms with van der Waals surface area (Å²) >= 11 is 0. The topological polar surface area (TPSA) is 57.2 Å². The number of rotatable bonds is 5. The Morgan fingerprint density at radius 1 is 1.53 bits per heavy atom. The molecule has 0 unspecified atom stereocenters. The van der Waals surface area contributed by atoms with Crippen molar-refractivity contribution in [3.05, 3.63) is 18.0 Å². The molecule has 4 nitrogen and oxygen atoms in total. The zero-order chi connectivity index (χ0) is 12.4. The van der Waals surface area contributed by atoms with Gasteiger partial charge >= 0.3 is 5.97 Å². The lowest BCUT2D eigenvalue weighted by molar-refractivity contribution is 0.0272. The molecule has 1 fully saturated rings. The van der Waals surface area contributed by atoms with Crippen LogP contribution in [0.2, 0.25) is 0 Å².